The van der Waals surface area contributed by atoms with E-state index in [2.05, 4.69) is 265 Å². The summed E-state index contributed by atoms with van der Waals surface area (Å²) in [6, 6.07) is 98.0. The number of aromatic nitrogens is 2. The Morgan fingerprint density at radius 2 is 0.392 bits per heavy atom. The Hall–Kier alpha value is -10.6. The lowest BCUT2D eigenvalue weighted by molar-refractivity contribution is 0.584. The maximum atomic E-state index is 7.06. The molecule has 370 valence electrons. The SMILES string of the molecule is c1ccc(-c2cc(-c3ccccc3)c3oc4c(-c5ccc(-c6nnc(-c7ccc(-c8cc(-c9ccccc9)cc9c8oc8c(-c%10ccccc%10)cc(-c%10ccccc%10)cc89)cc7)o6)cc5)cc(-c5ccccc5)cc4c3c2)cc1. The highest BCUT2D eigenvalue weighted by molar-refractivity contribution is 6.17. The summed E-state index contributed by atoms with van der Waals surface area (Å²) in [6.07, 6.45) is 0. The molecule has 0 radical (unpaired) electrons. The van der Waals surface area contributed by atoms with Gasteiger partial charge in [-0.15, -0.1) is 10.2 Å². The molecular weight excluding hydrogens is 965 g/mol. The van der Waals surface area contributed by atoms with Gasteiger partial charge in [-0.3, -0.25) is 0 Å². The monoisotopic (exact) mass is 1010 g/mol. The lowest BCUT2D eigenvalue weighted by Gasteiger charge is -2.09. The Morgan fingerprint density at radius 3 is 0.646 bits per heavy atom. The van der Waals surface area contributed by atoms with Crippen molar-refractivity contribution in [2.24, 2.45) is 0 Å². The Labute approximate surface area is 456 Å². The molecule has 0 saturated carbocycles. The molecule has 0 atom stereocenters. The summed E-state index contributed by atoms with van der Waals surface area (Å²) in [5, 5.41) is 13.4. The van der Waals surface area contributed by atoms with Crippen LogP contribution in [0.25, 0.3) is 156 Å². The van der Waals surface area contributed by atoms with E-state index in [1.807, 2.05) is 24.3 Å². The average Bonchev–Trinajstić information content (AvgIpc) is 4.32. The minimum atomic E-state index is 0.433. The number of hydrogen-bond acceptors (Lipinski definition) is 5. The Kier molecular flexibility index (Phi) is 11.1. The highest BCUT2D eigenvalue weighted by atomic mass is 16.4. The highest BCUT2D eigenvalue weighted by Gasteiger charge is 2.23. The van der Waals surface area contributed by atoms with Gasteiger partial charge >= 0.3 is 0 Å². The van der Waals surface area contributed by atoms with Crippen molar-refractivity contribution in [1.29, 1.82) is 0 Å². The van der Waals surface area contributed by atoms with Crippen LogP contribution in [-0.4, -0.2) is 10.2 Å². The molecular formula is C74H46N2O3. The summed E-state index contributed by atoms with van der Waals surface area (Å²) in [4.78, 5) is 0. The van der Waals surface area contributed by atoms with Crippen LogP contribution in [0.1, 0.15) is 0 Å². The molecule has 0 N–H and O–H groups in total. The third-order valence-electron chi connectivity index (χ3n) is 15.3. The van der Waals surface area contributed by atoms with Gasteiger partial charge in [-0.25, -0.2) is 0 Å². The molecule has 15 rings (SSSR count). The molecule has 0 saturated heterocycles. The molecule has 5 nitrogen and oxygen atoms in total. The van der Waals surface area contributed by atoms with Gasteiger partial charge in [0.2, 0.25) is 11.8 Å². The number of furan rings is 2. The molecule has 0 aliphatic heterocycles. The van der Waals surface area contributed by atoms with Crippen LogP contribution in [0.4, 0.5) is 0 Å². The fraction of sp³-hybridized carbons (Fsp3) is 0. The second-order valence-electron chi connectivity index (χ2n) is 20.1. The average molecular weight is 1010 g/mol. The van der Waals surface area contributed by atoms with Gasteiger partial charge in [0.05, 0.1) is 0 Å². The topological polar surface area (TPSA) is 65.2 Å². The van der Waals surface area contributed by atoms with Gasteiger partial charge in [0.15, 0.2) is 0 Å². The molecule has 15 aromatic rings. The Bertz CT molecular complexity index is 4400. The van der Waals surface area contributed by atoms with E-state index < -0.39 is 0 Å². The first-order chi connectivity index (χ1) is 39.1. The van der Waals surface area contributed by atoms with E-state index in [0.29, 0.717) is 11.8 Å². The van der Waals surface area contributed by atoms with Crippen LogP contribution in [0.15, 0.2) is 292 Å². The molecule has 0 aliphatic carbocycles. The Balaban J connectivity index is 0.797. The zero-order valence-electron chi connectivity index (χ0n) is 42.7. The van der Waals surface area contributed by atoms with Crippen LogP contribution in [0.3, 0.4) is 0 Å². The van der Waals surface area contributed by atoms with Crippen LogP contribution in [0, 0.1) is 0 Å². The van der Waals surface area contributed by atoms with Crippen molar-refractivity contribution >= 4 is 43.9 Å². The zero-order valence-corrected chi connectivity index (χ0v) is 42.7. The second kappa shape index (κ2) is 19.2. The van der Waals surface area contributed by atoms with Gasteiger partial charge in [-0.05, 0) is 140 Å². The molecule has 0 amide bonds. The van der Waals surface area contributed by atoms with Crippen LogP contribution >= 0.6 is 0 Å². The molecule has 0 unspecified atom stereocenters. The van der Waals surface area contributed by atoms with Gasteiger partial charge in [-0.1, -0.05) is 206 Å². The third-order valence-corrected chi connectivity index (χ3v) is 15.3. The lowest BCUT2D eigenvalue weighted by atomic mass is 9.93. The van der Waals surface area contributed by atoms with E-state index in [4.69, 9.17) is 13.3 Å². The first kappa shape index (κ1) is 45.7. The van der Waals surface area contributed by atoms with Crippen LogP contribution in [0.5, 0.6) is 0 Å². The summed E-state index contributed by atoms with van der Waals surface area (Å²) in [5.41, 5.74) is 22.3. The Morgan fingerprint density at radius 1 is 0.177 bits per heavy atom. The molecule has 0 fully saturated rings. The van der Waals surface area contributed by atoms with Gasteiger partial charge < -0.3 is 13.3 Å². The molecule has 0 spiro atoms. The predicted octanol–water partition coefficient (Wildman–Crippen LogP) is 20.5. The molecule has 12 aromatic carbocycles. The van der Waals surface area contributed by atoms with E-state index in [0.717, 1.165) is 144 Å². The fourth-order valence-corrected chi connectivity index (χ4v) is 11.3. The quantitative estimate of drug-likeness (QED) is 0.137. The standard InChI is InChI=1S/C74H46N2O3/c1-7-19-47(20-8-1)57-39-61(51-27-15-5-16-28-51)69-65(43-57)67-45-59(49-23-11-3-12-24-49)41-63(71(67)77-69)53-31-35-55(36-32-53)73-75-76-74(79-73)56-37-33-54(34-38-56)64-42-60(50-25-13-4-14-26-50)46-68-66-44-58(48-21-9-2-10-22-48)40-62(70(66)78-72(64)68)52-29-17-6-18-30-52/h1-46H. The highest BCUT2D eigenvalue weighted by Crippen LogP contribution is 2.47. The van der Waals surface area contributed by atoms with E-state index >= 15 is 0 Å². The number of nitrogens with zero attached hydrogens (tertiary/aromatic N) is 2. The van der Waals surface area contributed by atoms with Crippen molar-refractivity contribution in [2.45, 2.75) is 0 Å². The van der Waals surface area contributed by atoms with Crippen LogP contribution in [0.2, 0.25) is 0 Å². The van der Waals surface area contributed by atoms with E-state index in [9.17, 15) is 0 Å². The third kappa shape index (κ3) is 8.29. The molecule has 3 heterocycles. The number of fused-ring (bicyclic) bond motifs is 6. The van der Waals surface area contributed by atoms with Crippen molar-refractivity contribution < 1.29 is 13.3 Å². The minimum absolute atomic E-state index is 0.433. The van der Waals surface area contributed by atoms with Gasteiger partial charge in [0, 0.05) is 54.9 Å². The lowest BCUT2D eigenvalue weighted by Crippen LogP contribution is -1.85. The number of hydrogen-bond donors (Lipinski definition) is 0. The second-order valence-corrected chi connectivity index (χ2v) is 20.1. The maximum Gasteiger partial charge on any atom is 0.248 e. The van der Waals surface area contributed by atoms with Crippen molar-refractivity contribution in [3.05, 3.63) is 279 Å². The molecule has 0 aliphatic rings. The molecule has 79 heavy (non-hydrogen) atoms. The van der Waals surface area contributed by atoms with Crippen molar-refractivity contribution in [1.82, 2.24) is 10.2 Å². The molecule has 5 heteroatoms. The van der Waals surface area contributed by atoms with Gasteiger partial charge in [0.1, 0.15) is 22.3 Å². The zero-order chi connectivity index (χ0) is 52.2. The summed E-state index contributed by atoms with van der Waals surface area (Å²) < 4.78 is 20.6. The van der Waals surface area contributed by atoms with Crippen molar-refractivity contribution in [3.8, 4) is 112 Å². The summed E-state index contributed by atoms with van der Waals surface area (Å²) in [6.45, 7) is 0. The van der Waals surface area contributed by atoms with Crippen molar-refractivity contribution in [2.75, 3.05) is 0 Å². The van der Waals surface area contributed by atoms with Gasteiger partial charge in [-0.2, -0.15) is 0 Å². The van der Waals surface area contributed by atoms with Gasteiger partial charge in [0.25, 0.3) is 0 Å². The van der Waals surface area contributed by atoms with E-state index in [1.54, 1.807) is 0 Å². The summed E-state index contributed by atoms with van der Waals surface area (Å²) in [7, 11) is 0. The molecule has 0 bridgehead atoms. The smallest absolute Gasteiger partial charge is 0.248 e. The van der Waals surface area contributed by atoms with E-state index in [1.165, 1.54) is 0 Å². The number of rotatable bonds is 10. The van der Waals surface area contributed by atoms with E-state index in [-0.39, 0.29) is 0 Å². The first-order valence-electron chi connectivity index (χ1n) is 26.6. The normalized spacial score (nSPS) is 11.5. The first-order valence-corrected chi connectivity index (χ1v) is 26.6. The van der Waals surface area contributed by atoms with Crippen molar-refractivity contribution in [3.63, 3.8) is 0 Å². The minimum Gasteiger partial charge on any atom is -0.455 e. The summed E-state index contributed by atoms with van der Waals surface area (Å²) in [5.74, 6) is 0.865. The molecule has 3 aromatic heterocycles. The largest absolute Gasteiger partial charge is 0.455 e. The maximum absolute atomic E-state index is 7.06. The van der Waals surface area contributed by atoms with Crippen LogP contribution < -0.4 is 0 Å². The number of benzene rings is 12. The van der Waals surface area contributed by atoms with Crippen LogP contribution in [-0.2, 0) is 0 Å². The predicted molar refractivity (Wildman–Crippen MR) is 323 cm³/mol. The summed E-state index contributed by atoms with van der Waals surface area (Å²) >= 11 is 0. The fourth-order valence-electron chi connectivity index (χ4n) is 11.3.